The molecule has 6 rings (SSSR count). The van der Waals surface area contributed by atoms with Crippen molar-refractivity contribution in [3.05, 3.63) is 11.5 Å². The minimum Gasteiger partial charge on any atom is -0.481 e. The van der Waals surface area contributed by atoms with Crippen LogP contribution in [-0.4, -0.2) is 56.9 Å². The monoisotopic (exact) mass is 441 g/mol. The summed E-state index contributed by atoms with van der Waals surface area (Å²) < 4.78 is 0. The molecule has 3 fully saturated rings. The Labute approximate surface area is 189 Å². The first-order valence-corrected chi connectivity index (χ1v) is 12.3. The van der Waals surface area contributed by atoms with Gasteiger partial charge < -0.3 is 10.1 Å². The number of aliphatic carboxylic acids is 1. The van der Waals surface area contributed by atoms with Crippen molar-refractivity contribution in [3.8, 4) is 0 Å². The zero-order valence-corrected chi connectivity index (χ0v) is 19.5. The van der Waals surface area contributed by atoms with E-state index in [1.165, 1.54) is 0 Å². The van der Waals surface area contributed by atoms with E-state index in [0.717, 1.165) is 74.5 Å². The number of nitrogens with zero attached hydrogens (tertiary/aromatic N) is 4. The number of anilines is 1. The number of imidazole rings is 1. The fourth-order valence-corrected chi connectivity index (χ4v) is 6.26. The molecule has 1 atom stereocenters. The maximum absolute atomic E-state index is 13.3. The fourth-order valence-electron chi connectivity index (χ4n) is 6.26. The van der Waals surface area contributed by atoms with Crippen LogP contribution in [0.15, 0.2) is 4.99 Å². The van der Waals surface area contributed by atoms with Crippen molar-refractivity contribution in [2.45, 2.75) is 90.0 Å². The molecule has 0 spiro atoms. The van der Waals surface area contributed by atoms with Crippen LogP contribution in [0.1, 0.15) is 90.1 Å². The predicted octanol–water partition coefficient (Wildman–Crippen LogP) is 4.30. The summed E-state index contributed by atoms with van der Waals surface area (Å²) in [4.78, 5) is 41.7. The number of nitrogens with one attached hydrogen (secondary N) is 1. The molecule has 1 aromatic rings. The van der Waals surface area contributed by atoms with E-state index < -0.39 is 5.97 Å². The van der Waals surface area contributed by atoms with Gasteiger partial charge in [0.05, 0.1) is 12.6 Å². The predicted molar refractivity (Wildman–Crippen MR) is 122 cm³/mol. The summed E-state index contributed by atoms with van der Waals surface area (Å²) in [6, 6.07) is 0.115. The molecule has 8 nitrogen and oxygen atoms in total. The Kier molecular flexibility index (Phi) is 5.09. The molecule has 8 heteroatoms. The first-order chi connectivity index (χ1) is 15.3. The standard InChI is InChI=1S/C24H35N5O3/c1-4-13-28-20-18(19-25-16(15(2)3)14-29(19)22(28)32)26-21(27-20)24-10-7-23(8-11-24,9-12-24)6-5-17(30)31/h15-16H,4-14H2,1-3H3,(H,26,27)(H,30,31)/t16-,23?,24?/m0/s1. The molecule has 2 N–H and O–H groups in total. The molecule has 3 saturated carbocycles. The van der Waals surface area contributed by atoms with E-state index in [1.54, 1.807) is 0 Å². The van der Waals surface area contributed by atoms with Crippen molar-refractivity contribution in [1.29, 1.82) is 0 Å². The van der Waals surface area contributed by atoms with Gasteiger partial charge in [0.15, 0.2) is 11.7 Å². The third kappa shape index (κ3) is 3.25. The Morgan fingerprint density at radius 2 is 1.91 bits per heavy atom. The summed E-state index contributed by atoms with van der Waals surface area (Å²) in [5.41, 5.74) is 1.09. The summed E-state index contributed by atoms with van der Waals surface area (Å²) in [7, 11) is 0. The molecule has 2 bridgehead atoms. The quantitative estimate of drug-likeness (QED) is 0.658. The van der Waals surface area contributed by atoms with E-state index in [9.17, 15) is 9.59 Å². The normalized spacial score (nSPS) is 31.2. The molecule has 0 saturated heterocycles. The summed E-state index contributed by atoms with van der Waals surface area (Å²) >= 11 is 0. The van der Waals surface area contributed by atoms with Gasteiger partial charge in [-0.05, 0) is 62.7 Å². The number of carboxylic acids is 1. The number of fused-ring (bicyclic) bond motifs is 6. The summed E-state index contributed by atoms with van der Waals surface area (Å²) in [6.07, 6.45) is 8.21. The van der Waals surface area contributed by atoms with Gasteiger partial charge in [0.25, 0.3) is 0 Å². The fraction of sp³-hybridized carbons (Fsp3) is 0.750. The second-order valence-electron chi connectivity index (χ2n) is 10.8. The van der Waals surface area contributed by atoms with E-state index in [-0.39, 0.29) is 29.3 Å². The first kappa shape index (κ1) is 21.5. The van der Waals surface area contributed by atoms with E-state index in [1.807, 2.05) is 9.80 Å². The Morgan fingerprint density at radius 1 is 1.22 bits per heavy atom. The highest BCUT2D eigenvalue weighted by atomic mass is 16.4. The molecule has 0 unspecified atom stereocenters. The van der Waals surface area contributed by atoms with Crippen LogP contribution in [0.25, 0.3) is 0 Å². The van der Waals surface area contributed by atoms with Gasteiger partial charge in [0, 0.05) is 18.4 Å². The molecule has 3 heterocycles. The van der Waals surface area contributed by atoms with Crippen LogP contribution in [0.2, 0.25) is 0 Å². The van der Waals surface area contributed by atoms with Crippen LogP contribution in [-0.2, 0) is 10.2 Å². The van der Waals surface area contributed by atoms with E-state index in [2.05, 4.69) is 25.8 Å². The largest absolute Gasteiger partial charge is 0.481 e. The van der Waals surface area contributed by atoms with E-state index >= 15 is 0 Å². The maximum atomic E-state index is 13.3. The Morgan fingerprint density at radius 3 is 2.50 bits per heavy atom. The number of carbonyl (C=O) groups excluding carboxylic acids is 1. The van der Waals surface area contributed by atoms with Crippen molar-refractivity contribution in [2.75, 3.05) is 18.0 Å². The number of hydrogen-bond acceptors (Lipinski definition) is 4. The van der Waals surface area contributed by atoms with Crippen LogP contribution >= 0.6 is 0 Å². The van der Waals surface area contributed by atoms with Crippen molar-refractivity contribution < 1.29 is 14.7 Å². The lowest BCUT2D eigenvalue weighted by atomic mass is 9.52. The second-order valence-corrected chi connectivity index (χ2v) is 10.8. The lowest BCUT2D eigenvalue weighted by Crippen LogP contribution is -2.50. The van der Waals surface area contributed by atoms with Gasteiger partial charge in [-0.3, -0.25) is 19.6 Å². The number of aromatic amines is 1. The summed E-state index contributed by atoms with van der Waals surface area (Å²) in [5, 5.41) is 9.14. The van der Waals surface area contributed by atoms with Gasteiger partial charge in [-0.15, -0.1) is 0 Å². The molecule has 2 aliphatic heterocycles. The molecule has 32 heavy (non-hydrogen) atoms. The number of rotatable bonds is 7. The lowest BCUT2D eigenvalue weighted by Gasteiger charge is -2.52. The number of aliphatic imine (C=N–C) groups is 1. The average molecular weight is 442 g/mol. The SMILES string of the molecule is CCCN1C(=O)N2C[C@@H](C(C)C)N=C2c2[nH]c(C34CCC(CCC(=O)O)(CC3)CC4)nc21. The highest BCUT2D eigenvalue weighted by Crippen LogP contribution is 2.59. The molecule has 3 aliphatic carbocycles. The first-order valence-electron chi connectivity index (χ1n) is 12.3. The Bertz CT molecular complexity index is 940. The van der Waals surface area contributed by atoms with Crippen LogP contribution in [0, 0.1) is 11.3 Å². The third-order valence-electron chi connectivity index (χ3n) is 8.53. The highest BCUT2D eigenvalue weighted by molar-refractivity contribution is 6.18. The molecule has 1 aromatic heterocycles. The van der Waals surface area contributed by atoms with Crippen molar-refractivity contribution >= 4 is 23.7 Å². The smallest absolute Gasteiger partial charge is 0.331 e. The van der Waals surface area contributed by atoms with Crippen LogP contribution in [0.4, 0.5) is 10.6 Å². The Hall–Kier alpha value is -2.38. The molecule has 2 amide bonds. The number of urea groups is 1. The van der Waals surface area contributed by atoms with Gasteiger partial charge in [-0.2, -0.15) is 0 Å². The summed E-state index contributed by atoms with van der Waals surface area (Å²) in [6.45, 7) is 7.68. The zero-order valence-electron chi connectivity index (χ0n) is 19.5. The van der Waals surface area contributed by atoms with Crippen molar-refractivity contribution in [1.82, 2.24) is 14.9 Å². The molecule has 174 valence electrons. The number of amidine groups is 1. The Balaban J connectivity index is 1.46. The zero-order chi connectivity index (χ0) is 22.7. The number of carbonyl (C=O) groups is 2. The van der Waals surface area contributed by atoms with Crippen molar-refractivity contribution in [2.24, 2.45) is 16.3 Å². The van der Waals surface area contributed by atoms with Gasteiger partial charge in [-0.25, -0.2) is 9.78 Å². The average Bonchev–Trinajstić information content (AvgIpc) is 3.42. The molecule has 0 aromatic carbocycles. The summed E-state index contributed by atoms with van der Waals surface area (Å²) in [5.74, 6) is 2.19. The van der Waals surface area contributed by atoms with E-state index in [4.69, 9.17) is 15.1 Å². The van der Waals surface area contributed by atoms with E-state index in [0.29, 0.717) is 19.0 Å². The topological polar surface area (TPSA) is 102 Å². The molecule has 5 aliphatic rings. The molecular formula is C24H35N5O3. The maximum Gasteiger partial charge on any atom is 0.331 e. The van der Waals surface area contributed by atoms with Gasteiger partial charge in [0.2, 0.25) is 0 Å². The number of H-pyrrole nitrogens is 1. The number of amides is 2. The van der Waals surface area contributed by atoms with Gasteiger partial charge in [0.1, 0.15) is 11.5 Å². The van der Waals surface area contributed by atoms with Crippen LogP contribution in [0.3, 0.4) is 0 Å². The van der Waals surface area contributed by atoms with Crippen LogP contribution in [0.5, 0.6) is 0 Å². The third-order valence-corrected chi connectivity index (χ3v) is 8.53. The lowest BCUT2D eigenvalue weighted by molar-refractivity contribution is -0.138. The van der Waals surface area contributed by atoms with Gasteiger partial charge >= 0.3 is 12.0 Å². The van der Waals surface area contributed by atoms with Crippen LogP contribution < -0.4 is 4.90 Å². The van der Waals surface area contributed by atoms with Gasteiger partial charge in [-0.1, -0.05) is 20.8 Å². The number of hydrogen-bond donors (Lipinski definition) is 2. The van der Waals surface area contributed by atoms with Crippen molar-refractivity contribution in [3.63, 3.8) is 0 Å². The number of aromatic nitrogens is 2. The number of carboxylic acid groups (broad SMARTS) is 1. The second kappa shape index (κ2) is 7.59. The minimum atomic E-state index is -0.692. The molecular weight excluding hydrogens is 406 g/mol. The highest BCUT2D eigenvalue weighted by Gasteiger charge is 2.52. The molecule has 0 radical (unpaired) electrons. The minimum absolute atomic E-state index is 0.00299.